The first-order chi connectivity index (χ1) is 10.2. The molecule has 0 radical (unpaired) electrons. The van der Waals surface area contributed by atoms with Gasteiger partial charge in [-0.3, -0.25) is 5.10 Å². The minimum atomic E-state index is -0.277. The summed E-state index contributed by atoms with van der Waals surface area (Å²) in [5, 5.41) is 17.0. The van der Waals surface area contributed by atoms with Crippen LogP contribution in [0.3, 0.4) is 0 Å². The molecular formula is C16H22N4O. The van der Waals surface area contributed by atoms with Gasteiger partial charge < -0.3 is 10.5 Å². The van der Waals surface area contributed by atoms with Gasteiger partial charge in [-0.2, -0.15) is 5.26 Å². The van der Waals surface area contributed by atoms with Crippen molar-refractivity contribution < 1.29 is 4.74 Å². The van der Waals surface area contributed by atoms with Crippen LogP contribution in [0.25, 0.3) is 0 Å². The normalized spacial score (nSPS) is 20.0. The minimum absolute atomic E-state index is 0.237. The molecule has 1 fully saturated rings. The van der Waals surface area contributed by atoms with Crippen LogP contribution >= 0.6 is 0 Å². The number of aromatic amines is 1. The lowest BCUT2D eigenvalue weighted by atomic mass is 9.64. The maximum Gasteiger partial charge on any atom is 0.244 e. The predicted octanol–water partition coefficient (Wildman–Crippen LogP) is 3.04. The Morgan fingerprint density at radius 2 is 2.14 bits per heavy atom. The summed E-state index contributed by atoms with van der Waals surface area (Å²) in [7, 11) is 0. The highest BCUT2D eigenvalue weighted by atomic mass is 16.5. The zero-order chi connectivity index (χ0) is 14.9. The molecule has 3 N–H and O–H groups in total. The minimum Gasteiger partial charge on any atom is -0.420 e. The van der Waals surface area contributed by atoms with Crippen LogP contribution in [0.4, 0.5) is 0 Å². The Bertz CT molecular complexity index is 602. The molecule has 0 bridgehead atoms. The number of hydrogen-bond acceptors (Lipinski definition) is 4. The number of nitrogens with one attached hydrogen (secondary N) is 1. The highest BCUT2D eigenvalue weighted by Crippen LogP contribution is 2.52. The standard InChI is InChI=1S/C16H22N4O/c1-2-3-7-12-13-15(20-19-12)21-14(18)11(10-17)16(13)8-5-4-6-9-16/h2-9,18H2,1H3,(H,19,20). The highest BCUT2D eigenvalue weighted by molar-refractivity contribution is 5.54. The van der Waals surface area contributed by atoms with Crippen LogP contribution in [-0.4, -0.2) is 10.2 Å². The summed E-state index contributed by atoms with van der Waals surface area (Å²) in [5.41, 5.74) is 8.55. The quantitative estimate of drug-likeness (QED) is 0.894. The Hall–Kier alpha value is -1.96. The number of hydrogen-bond donors (Lipinski definition) is 2. The number of ether oxygens (including phenoxy) is 1. The molecular weight excluding hydrogens is 264 g/mol. The van der Waals surface area contributed by atoms with E-state index in [2.05, 4.69) is 23.2 Å². The second-order valence-electron chi connectivity index (χ2n) is 6.08. The molecule has 1 aliphatic heterocycles. The van der Waals surface area contributed by atoms with Crippen LogP contribution in [0.2, 0.25) is 0 Å². The molecule has 5 nitrogen and oxygen atoms in total. The maximum absolute atomic E-state index is 9.61. The van der Waals surface area contributed by atoms with E-state index in [0.29, 0.717) is 11.5 Å². The summed E-state index contributed by atoms with van der Waals surface area (Å²) in [6, 6.07) is 2.32. The molecule has 0 saturated heterocycles. The lowest BCUT2D eigenvalue weighted by Crippen LogP contribution is -2.37. The molecule has 0 amide bonds. The van der Waals surface area contributed by atoms with Gasteiger partial charge in [-0.05, 0) is 25.7 Å². The fraction of sp³-hybridized carbons (Fsp3) is 0.625. The fourth-order valence-electron chi connectivity index (χ4n) is 3.79. The van der Waals surface area contributed by atoms with Crippen LogP contribution < -0.4 is 10.5 Å². The first kappa shape index (κ1) is 14.0. The van der Waals surface area contributed by atoms with Gasteiger partial charge in [0.1, 0.15) is 11.6 Å². The van der Waals surface area contributed by atoms with E-state index in [0.717, 1.165) is 56.2 Å². The van der Waals surface area contributed by atoms with Crippen molar-refractivity contribution >= 4 is 0 Å². The molecule has 21 heavy (non-hydrogen) atoms. The lowest BCUT2D eigenvalue weighted by Gasteiger charge is -2.40. The summed E-state index contributed by atoms with van der Waals surface area (Å²) in [6.45, 7) is 2.17. The number of unbranched alkanes of at least 4 members (excludes halogenated alkanes) is 1. The summed E-state index contributed by atoms with van der Waals surface area (Å²) in [6.07, 6.45) is 8.57. The molecule has 0 aromatic carbocycles. The molecule has 1 saturated carbocycles. The predicted molar refractivity (Wildman–Crippen MR) is 79.4 cm³/mol. The first-order valence-corrected chi connectivity index (χ1v) is 7.89. The van der Waals surface area contributed by atoms with Crippen molar-refractivity contribution in [3.05, 3.63) is 22.7 Å². The molecule has 1 aromatic rings. The van der Waals surface area contributed by atoms with E-state index >= 15 is 0 Å². The van der Waals surface area contributed by atoms with Crippen molar-refractivity contribution in [2.45, 2.75) is 63.7 Å². The molecule has 0 unspecified atom stereocenters. The Labute approximate surface area is 125 Å². The molecule has 2 heterocycles. The largest absolute Gasteiger partial charge is 0.420 e. The number of aryl methyl sites for hydroxylation is 1. The third-order valence-electron chi connectivity index (χ3n) is 4.82. The van der Waals surface area contributed by atoms with Crippen molar-refractivity contribution in [1.82, 2.24) is 10.2 Å². The summed E-state index contributed by atoms with van der Waals surface area (Å²) >= 11 is 0. The van der Waals surface area contributed by atoms with E-state index in [1.54, 1.807) is 0 Å². The number of fused-ring (bicyclic) bond motifs is 2. The van der Waals surface area contributed by atoms with E-state index in [9.17, 15) is 5.26 Å². The molecule has 1 spiro atoms. The van der Waals surface area contributed by atoms with Crippen LogP contribution in [0.1, 0.15) is 63.1 Å². The summed E-state index contributed by atoms with van der Waals surface area (Å²) in [4.78, 5) is 0. The van der Waals surface area contributed by atoms with Crippen molar-refractivity contribution in [2.75, 3.05) is 0 Å². The first-order valence-electron chi connectivity index (χ1n) is 7.89. The summed E-state index contributed by atoms with van der Waals surface area (Å²) in [5.74, 6) is 0.819. The van der Waals surface area contributed by atoms with Gasteiger partial charge >= 0.3 is 0 Å². The monoisotopic (exact) mass is 286 g/mol. The van der Waals surface area contributed by atoms with Crippen molar-refractivity contribution in [3.63, 3.8) is 0 Å². The van der Waals surface area contributed by atoms with Crippen LogP contribution in [0.15, 0.2) is 11.5 Å². The molecule has 0 atom stereocenters. The number of nitriles is 1. The van der Waals surface area contributed by atoms with E-state index in [1.165, 1.54) is 6.42 Å². The van der Waals surface area contributed by atoms with E-state index in [-0.39, 0.29) is 11.3 Å². The number of aromatic nitrogens is 2. The van der Waals surface area contributed by atoms with Crippen LogP contribution in [0, 0.1) is 11.3 Å². The Kier molecular flexibility index (Phi) is 3.62. The molecule has 1 aliphatic carbocycles. The number of nitrogens with two attached hydrogens (primary N) is 1. The van der Waals surface area contributed by atoms with Gasteiger partial charge in [-0.25, -0.2) is 0 Å². The average molecular weight is 286 g/mol. The van der Waals surface area contributed by atoms with E-state index < -0.39 is 0 Å². The van der Waals surface area contributed by atoms with Crippen LogP contribution in [-0.2, 0) is 11.8 Å². The van der Waals surface area contributed by atoms with Crippen molar-refractivity contribution in [1.29, 1.82) is 5.26 Å². The Balaban J connectivity index is 2.11. The Morgan fingerprint density at radius 3 is 2.81 bits per heavy atom. The number of rotatable bonds is 3. The maximum atomic E-state index is 9.61. The SMILES string of the molecule is CCCCc1[nH]nc2c1C1(CCCCC1)C(C#N)=C(N)O2. The average Bonchev–Trinajstić information content (AvgIpc) is 2.90. The molecule has 2 aliphatic rings. The van der Waals surface area contributed by atoms with Gasteiger partial charge in [0.25, 0.3) is 0 Å². The Morgan fingerprint density at radius 1 is 1.38 bits per heavy atom. The van der Waals surface area contributed by atoms with Gasteiger partial charge in [0.2, 0.25) is 11.8 Å². The van der Waals surface area contributed by atoms with E-state index in [4.69, 9.17) is 10.5 Å². The topological polar surface area (TPSA) is 87.7 Å². The molecule has 112 valence electrons. The zero-order valence-electron chi connectivity index (χ0n) is 12.5. The van der Waals surface area contributed by atoms with Crippen LogP contribution in [0.5, 0.6) is 5.88 Å². The number of nitrogens with zero attached hydrogens (tertiary/aromatic N) is 2. The molecule has 1 aromatic heterocycles. The van der Waals surface area contributed by atoms with E-state index in [1.807, 2.05) is 0 Å². The van der Waals surface area contributed by atoms with Gasteiger partial charge in [0.15, 0.2) is 0 Å². The van der Waals surface area contributed by atoms with Crippen molar-refractivity contribution in [3.8, 4) is 11.9 Å². The van der Waals surface area contributed by atoms with Gasteiger partial charge in [-0.15, -0.1) is 5.10 Å². The van der Waals surface area contributed by atoms with Gasteiger partial charge in [-0.1, -0.05) is 32.6 Å². The second-order valence-corrected chi connectivity index (χ2v) is 6.08. The fourth-order valence-corrected chi connectivity index (χ4v) is 3.79. The third kappa shape index (κ3) is 2.10. The second kappa shape index (κ2) is 5.44. The zero-order valence-corrected chi connectivity index (χ0v) is 12.5. The highest BCUT2D eigenvalue weighted by Gasteiger charge is 2.47. The summed E-state index contributed by atoms with van der Waals surface area (Å²) < 4.78 is 5.62. The molecule has 5 heteroatoms. The number of H-pyrrole nitrogens is 1. The van der Waals surface area contributed by atoms with Crippen molar-refractivity contribution in [2.24, 2.45) is 5.73 Å². The number of allylic oxidation sites excluding steroid dienone is 1. The molecule has 3 rings (SSSR count). The smallest absolute Gasteiger partial charge is 0.244 e. The van der Waals surface area contributed by atoms with Gasteiger partial charge in [0, 0.05) is 16.7 Å². The lowest BCUT2D eigenvalue weighted by molar-refractivity contribution is 0.284. The van der Waals surface area contributed by atoms with Gasteiger partial charge in [0.05, 0.1) is 0 Å². The third-order valence-corrected chi connectivity index (χ3v) is 4.82.